The molecule has 0 saturated heterocycles. The lowest BCUT2D eigenvalue weighted by molar-refractivity contribution is 0.677. The van der Waals surface area contributed by atoms with Crippen molar-refractivity contribution < 1.29 is 0 Å². The topological polar surface area (TPSA) is 23.9 Å². The van der Waals surface area contributed by atoms with Crippen molar-refractivity contribution in [2.24, 2.45) is 5.92 Å². The molecule has 70 valence electrons. The molecule has 0 fully saturated rings. The third kappa shape index (κ3) is 3.88. The second-order valence-electron chi connectivity index (χ2n) is 3.86. The molecular formula is C12H17N. The normalized spacial score (nSPS) is 10.4. The zero-order valence-electron chi connectivity index (χ0n) is 8.38. The minimum absolute atomic E-state index is 0.594. The molecule has 0 heterocycles. The first-order valence-corrected chi connectivity index (χ1v) is 4.78. The zero-order valence-corrected chi connectivity index (χ0v) is 8.38. The van der Waals surface area contributed by atoms with Crippen LogP contribution in [0.4, 0.5) is 0 Å². The summed E-state index contributed by atoms with van der Waals surface area (Å²) in [4.78, 5) is 0. The molecular weight excluding hydrogens is 158 g/mol. The molecule has 0 atom stereocenters. The van der Waals surface area contributed by atoms with Crippen molar-refractivity contribution in [2.45, 2.75) is 26.7 Å². The first kappa shape index (κ1) is 9.97. The molecule has 0 aliphatic heterocycles. The zero-order chi connectivity index (χ0) is 9.68. The summed E-state index contributed by atoms with van der Waals surface area (Å²) in [5, 5.41) is 7.76. The summed E-state index contributed by atoms with van der Waals surface area (Å²) in [6.07, 6.45) is 1.72. The molecule has 1 aromatic rings. The first-order chi connectivity index (χ1) is 6.18. The van der Waals surface area contributed by atoms with Gasteiger partial charge in [-0.05, 0) is 17.9 Å². The number of rotatable bonds is 4. The highest BCUT2D eigenvalue weighted by molar-refractivity contribution is 5.83. The minimum Gasteiger partial charge on any atom is -0.309 e. The van der Waals surface area contributed by atoms with Crippen molar-refractivity contribution >= 4 is 5.71 Å². The molecule has 0 amide bonds. The van der Waals surface area contributed by atoms with Crippen molar-refractivity contribution in [1.82, 2.24) is 0 Å². The Morgan fingerprint density at radius 3 is 2.38 bits per heavy atom. The van der Waals surface area contributed by atoms with Crippen LogP contribution in [0.1, 0.15) is 25.8 Å². The van der Waals surface area contributed by atoms with E-state index in [0.29, 0.717) is 5.92 Å². The molecule has 0 spiro atoms. The molecule has 0 radical (unpaired) electrons. The molecule has 0 aliphatic rings. The molecule has 13 heavy (non-hydrogen) atoms. The van der Waals surface area contributed by atoms with E-state index in [4.69, 9.17) is 5.41 Å². The molecule has 1 heteroatoms. The lowest BCUT2D eigenvalue weighted by Crippen LogP contribution is -2.05. The minimum atomic E-state index is 0.594. The highest BCUT2D eigenvalue weighted by atomic mass is 14.4. The van der Waals surface area contributed by atoms with Crippen LogP contribution < -0.4 is 0 Å². The van der Waals surface area contributed by atoms with Crippen LogP contribution in [0.3, 0.4) is 0 Å². The van der Waals surface area contributed by atoms with Crippen molar-refractivity contribution in [3.8, 4) is 0 Å². The molecule has 0 unspecified atom stereocenters. The van der Waals surface area contributed by atoms with Gasteiger partial charge in [0.1, 0.15) is 0 Å². The Hall–Kier alpha value is -1.11. The van der Waals surface area contributed by atoms with Gasteiger partial charge in [0.05, 0.1) is 0 Å². The Labute approximate surface area is 80.3 Å². The lowest BCUT2D eigenvalue weighted by atomic mass is 10.0. The molecule has 0 aromatic heterocycles. The molecule has 1 nitrogen and oxygen atoms in total. The van der Waals surface area contributed by atoms with Gasteiger partial charge in [-0.25, -0.2) is 0 Å². The Bertz CT molecular complexity index is 262. The van der Waals surface area contributed by atoms with Gasteiger partial charge < -0.3 is 5.41 Å². The average molecular weight is 175 g/mol. The van der Waals surface area contributed by atoms with Crippen LogP contribution in [0.5, 0.6) is 0 Å². The van der Waals surface area contributed by atoms with Crippen LogP contribution in [-0.4, -0.2) is 5.71 Å². The van der Waals surface area contributed by atoms with E-state index in [-0.39, 0.29) is 0 Å². The lowest BCUT2D eigenvalue weighted by Gasteiger charge is -2.06. The summed E-state index contributed by atoms with van der Waals surface area (Å²) in [7, 11) is 0. The van der Waals surface area contributed by atoms with Gasteiger partial charge in [-0.15, -0.1) is 0 Å². The van der Waals surface area contributed by atoms with Gasteiger partial charge in [-0.2, -0.15) is 0 Å². The van der Waals surface area contributed by atoms with Gasteiger partial charge in [-0.1, -0.05) is 44.2 Å². The Kier molecular flexibility index (Phi) is 3.69. The molecule has 0 saturated carbocycles. The van der Waals surface area contributed by atoms with Gasteiger partial charge >= 0.3 is 0 Å². The molecule has 1 N–H and O–H groups in total. The van der Waals surface area contributed by atoms with Crippen LogP contribution in [0, 0.1) is 11.3 Å². The van der Waals surface area contributed by atoms with Gasteiger partial charge in [0.2, 0.25) is 0 Å². The summed E-state index contributed by atoms with van der Waals surface area (Å²) in [6, 6.07) is 10.2. The smallest absolute Gasteiger partial charge is 0.0135 e. The van der Waals surface area contributed by atoms with Gasteiger partial charge in [-0.3, -0.25) is 0 Å². The Morgan fingerprint density at radius 2 is 1.85 bits per heavy atom. The van der Waals surface area contributed by atoms with Crippen LogP contribution >= 0.6 is 0 Å². The van der Waals surface area contributed by atoms with Gasteiger partial charge in [0.15, 0.2) is 0 Å². The largest absolute Gasteiger partial charge is 0.309 e. The number of nitrogens with one attached hydrogen (secondary N) is 1. The van der Waals surface area contributed by atoms with Crippen molar-refractivity contribution in [1.29, 1.82) is 5.41 Å². The fraction of sp³-hybridized carbons (Fsp3) is 0.417. The van der Waals surface area contributed by atoms with E-state index >= 15 is 0 Å². The second kappa shape index (κ2) is 4.80. The number of benzene rings is 1. The van der Waals surface area contributed by atoms with Crippen LogP contribution in [-0.2, 0) is 6.42 Å². The van der Waals surface area contributed by atoms with Gasteiger partial charge in [0, 0.05) is 12.1 Å². The van der Waals surface area contributed by atoms with E-state index in [1.807, 2.05) is 18.2 Å². The molecule has 0 bridgehead atoms. The quantitative estimate of drug-likeness (QED) is 0.679. The highest BCUT2D eigenvalue weighted by Crippen LogP contribution is 2.06. The predicted molar refractivity (Wildman–Crippen MR) is 57.3 cm³/mol. The number of hydrogen-bond acceptors (Lipinski definition) is 1. The third-order valence-corrected chi connectivity index (χ3v) is 1.91. The monoisotopic (exact) mass is 175 g/mol. The van der Waals surface area contributed by atoms with E-state index < -0.39 is 0 Å². The summed E-state index contributed by atoms with van der Waals surface area (Å²) < 4.78 is 0. The van der Waals surface area contributed by atoms with Crippen LogP contribution in [0.2, 0.25) is 0 Å². The van der Waals surface area contributed by atoms with Crippen LogP contribution in [0.15, 0.2) is 30.3 Å². The van der Waals surface area contributed by atoms with E-state index in [1.165, 1.54) is 5.56 Å². The van der Waals surface area contributed by atoms with Crippen molar-refractivity contribution in [3.05, 3.63) is 35.9 Å². The number of hydrogen-bond donors (Lipinski definition) is 1. The van der Waals surface area contributed by atoms with Crippen LogP contribution in [0.25, 0.3) is 0 Å². The van der Waals surface area contributed by atoms with E-state index in [2.05, 4.69) is 26.0 Å². The Morgan fingerprint density at radius 1 is 1.23 bits per heavy atom. The van der Waals surface area contributed by atoms with E-state index in [0.717, 1.165) is 18.6 Å². The van der Waals surface area contributed by atoms with Crippen molar-refractivity contribution in [2.75, 3.05) is 0 Å². The third-order valence-electron chi connectivity index (χ3n) is 1.91. The molecule has 0 aliphatic carbocycles. The Balaban J connectivity index is 2.46. The fourth-order valence-electron chi connectivity index (χ4n) is 1.41. The van der Waals surface area contributed by atoms with Gasteiger partial charge in [0.25, 0.3) is 0 Å². The second-order valence-corrected chi connectivity index (χ2v) is 3.86. The SMILES string of the molecule is CC(C)CC(=N)Cc1ccccc1. The highest BCUT2D eigenvalue weighted by Gasteiger charge is 2.01. The van der Waals surface area contributed by atoms with E-state index in [9.17, 15) is 0 Å². The standard InChI is InChI=1S/C12H17N/c1-10(2)8-12(13)9-11-6-4-3-5-7-11/h3-7,10,13H,8-9H2,1-2H3. The summed E-state index contributed by atoms with van der Waals surface area (Å²) in [5.41, 5.74) is 2.08. The maximum Gasteiger partial charge on any atom is 0.0135 e. The fourth-order valence-corrected chi connectivity index (χ4v) is 1.41. The maximum atomic E-state index is 7.76. The molecule has 1 aromatic carbocycles. The predicted octanol–water partition coefficient (Wildman–Crippen LogP) is 3.29. The average Bonchev–Trinajstić information content (AvgIpc) is 2.04. The van der Waals surface area contributed by atoms with E-state index in [1.54, 1.807) is 0 Å². The van der Waals surface area contributed by atoms with Crippen molar-refractivity contribution in [3.63, 3.8) is 0 Å². The molecule has 1 rings (SSSR count). The summed E-state index contributed by atoms with van der Waals surface area (Å²) in [5.74, 6) is 0.594. The summed E-state index contributed by atoms with van der Waals surface area (Å²) >= 11 is 0. The summed E-state index contributed by atoms with van der Waals surface area (Å²) in [6.45, 7) is 4.30. The maximum absolute atomic E-state index is 7.76. The first-order valence-electron chi connectivity index (χ1n) is 4.78.